The number of rotatable bonds is 2. The van der Waals surface area contributed by atoms with Crippen molar-refractivity contribution in [2.75, 3.05) is 6.73 Å². The molecule has 0 radical (unpaired) electrons. The van der Waals surface area contributed by atoms with E-state index in [0.29, 0.717) is 22.8 Å². The standard InChI is InChI=1S/C13H8F2N4O3/c14-13(15)21-10-2-1-7(3-11(10)22-13)8-4-9(17-5-16-8)12-18-6-20-19-12/h1-5H,6H2,(H,18,19). The third-order valence-electron chi connectivity index (χ3n) is 3.06. The van der Waals surface area contributed by atoms with Crippen molar-refractivity contribution < 1.29 is 23.1 Å². The molecule has 0 saturated carbocycles. The smallest absolute Gasteiger partial charge is 0.395 e. The molecule has 0 fully saturated rings. The van der Waals surface area contributed by atoms with Gasteiger partial charge in [-0.05, 0) is 24.3 Å². The maximum absolute atomic E-state index is 13.0. The number of amidine groups is 1. The Balaban J connectivity index is 1.70. The maximum atomic E-state index is 13.0. The van der Waals surface area contributed by atoms with Crippen LogP contribution in [0.3, 0.4) is 0 Å². The first-order chi connectivity index (χ1) is 10.6. The molecule has 0 spiro atoms. The van der Waals surface area contributed by atoms with E-state index in [1.807, 2.05) is 0 Å². The van der Waals surface area contributed by atoms with Crippen LogP contribution in [-0.4, -0.2) is 28.8 Å². The van der Waals surface area contributed by atoms with Crippen LogP contribution >= 0.6 is 0 Å². The first-order valence-electron chi connectivity index (χ1n) is 6.26. The topological polar surface area (TPSA) is 77.9 Å². The zero-order valence-electron chi connectivity index (χ0n) is 10.9. The van der Waals surface area contributed by atoms with Crippen molar-refractivity contribution in [1.82, 2.24) is 15.4 Å². The van der Waals surface area contributed by atoms with Gasteiger partial charge >= 0.3 is 6.29 Å². The number of aliphatic imine (C=N–C) groups is 1. The van der Waals surface area contributed by atoms with E-state index in [4.69, 9.17) is 4.84 Å². The van der Waals surface area contributed by atoms with E-state index >= 15 is 0 Å². The van der Waals surface area contributed by atoms with Crippen molar-refractivity contribution in [2.45, 2.75) is 6.29 Å². The number of nitrogens with one attached hydrogen (secondary N) is 1. The molecule has 0 amide bonds. The van der Waals surface area contributed by atoms with Crippen molar-refractivity contribution in [3.8, 4) is 22.8 Å². The fourth-order valence-corrected chi connectivity index (χ4v) is 2.12. The van der Waals surface area contributed by atoms with Crippen LogP contribution in [-0.2, 0) is 4.84 Å². The lowest BCUT2D eigenvalue weighted by molar-refractivity contribution is -0.286. The normalized spacial score (nSPS) is 18.0. The van der Waals surface area contributed by atoms with Gasteiger partial charge in [0.05, 0.1) is 5.69 Å². The largest absolute Gasteiger partial charge is 0.586 e. The van der Waals surface area contributed by atoms with Crippen LogP contribution < -0.4 is 15.0 Å². The number of ether oxygens (including phenoxy) is 2. The SMILES string of the molecule is FC1(F)Oc2ccc(-c3cc(C4=NCON4)ncn3)cc2O1. The molecular weight excluding hydrogens is 298 g/mol. The molecule has 1 aromatic carbocycles. The molecule has 112 valence electrons. The van der Waals surface area contributed by atoms with E-state index in [9.17, 15) is 8.78 Å². The predicted molar refractivity (Wildman–Crippen MR) is 69.3 cm³/mol. The number of halogens is 2. The molecule has 1 aromatic heterocycles. The second kappa shape index (κ2) is 4.60. The van der Waals surface area contributed by atoms with Gasteiger partial charge in [0.25, 0.3) is 0 Å². The van der Waals surface area contributed by atoms with Gasteiger partial charge in [-0.15, -0.1) is 8.78 Å². The van der Waals surface area contributed by atoms with E-state index in [-0.39, 0.29) is 18.2 Å². The van der Waals surface area contributed by atoms with Gasteiger partial charge in [0.1, 0.15) is 12.0 Å². The molecule has 0 aliphatic carbocycles. The summed E-state index contributed by atoms with van der Waals surface area (Å²) < 4.78 is 34.9. The number of alkyl halides is 2. The molecular formula is C13H8F2N4O3. The number of hydrogen-bond acceptors (Lipinski definition) is 7. The van der Waals surface area contributed by atoms with E-state index in [1.54, 1.807) is 12.1 Å². The fraction of sp³-hybridized carbons (Fsp3) is 0.154. The highest BCUT2D eigenvalue weighted by atomic mass is 19.3. The lowest BCUT2D eigenvalue weighted by atomic mass is 10.1. The number of hydrogen-bond donors (Lipinski definition) is 1. The Kier molecular flexibility index (Phi) is 2.70. The molecule has 22 heavy (non-hydrogen) atoms. The Morgan fingerprint density at radius 2 is 1.86 bits per heavy atom. The van der Waals surface area contributed by atoms with E-state index in [1.165, 1.54) is 18.5 Å². The van der Waals surface area contributed by atoms with Crippen LogP contribution in [0.5, 0.6) is 11.5 Å². The summed E-state index contributed by atoms with van der Waals surface area (Å²) in [7, 11) is 0. The van der Waals surface area contributed by atoms with Gasteiger partial charge in [0.15, 0.2) is 24.1 Å². The second-order valence-electron chi connectivity index (χ2n) is 4.50. The number of aromatic nitrogens is 2. The average Bonchev–Trinajstić information content (AvgIpc) is 3.12. The van der Waals surface area contributed by atoms with Gasteiger partial charge in [-0.2, -0.15) is 0 Å². The summed E-state index contributed by atoms with van der Waals surface area (Å²) in [6, 6.07) is 6.11. The Morgan fingerprint density at radius 3 is 2.68 bits per heavy atom. The minimum Gasteiger partial charge on any atom is -0.395 e. The van der Waals surface area contributed by atoms with Gasteiger partial charge in [0, 0.05) is 5.56 Å². The zero-order chi connectivity index (χ0) is 15.2. The Bertz CT molecular complexity index is 782. The minimum absolute atomic E-state index is 0.0155. The summed E-state index contributed by atoms with van der Waals surface area (Å²) >= 11 is 0. The predicted octanol–water partition coefficient (Wildman–Crippen LogP) is 1.70. The second-order valence-corrected chi connectivity index (χ2v) is 4.50. The van der Waals surface area contributed by atoms with Crippen LogP contribution in [0, 0.1) is 0 Å². The van der Waals surface area contributed by atoms with Crippen LogP contribution in [0.1, 0.15) is 5.69 Å². The lowest BCUT2D eigenvalue weighted by Gasteiger charge is -2.05. The van der Waals surface area contributed by atoms with Crippen LogP contribution in [0.25, 0.3) is 11.3 Å². The first-order valence-corrected chi connectivity index (χ1v) is 6.26. The molecule has 4 rings (SSSR count). The van der Waals surface area contributed by atoms with Crippen molar-refractivity contribution in [3.05, 3.63) is 36.3 Å². The third kappa shape index (κ3) is 2.21. The monoisotopic (exact) mass is 306 g/mol. The lowest BCUT2D eigenvalue weighted by Crippen LogP contribution is -2.25. The Hall–Kier alpha value is -2.81. The quantitative estimate of drug-likeness (QED) is 0.910. The summed E-state index contributed by atoms with van der Waals surface area (Å²) in [6.07, 6.45) is -2.29. The van der Waals surface area contributed by atoms with Crippen LogP contribution in [0.4, 0.5) is 8.78 Å². The molecule has 0 atom stereocenters. The van der Waals surface area contributed by atoms with Crippen LogP contribution in [0.15, 0.2) is 35.6 Å². The fourth-order valence-electron chi connectivity index (χ4n) is 2.12. The minimum atomic E-state index is -3.64. The molecule has 1 N–H and O–H groups in total. The highest BCUT2D eigenvalue weighted by molar-refractivity contribution is 5.97. The highest BCUT2D eigenvalue weighted by Gasteiger charge is 2.43. The molecule has 0 saturated heterocycles. The summed E-state index contributed by atoms with van der Waals surface area (Å²) in [5.74, 6) is 0.427. The number of fused-ring (bicyclic) bond motifs is 1. The highest BCUT2D eigenvalue weighted by Crippen LogP contribution is 2.42. The van der Waals surface area contributed by atoms with E-state index < -0.39 is 6.29 Å². The summed E-state index contributed by atoms with van der Waals surface area (Å²) in [5.41, 5.74) is 4.27. The average molecular weight is 306 g/mol. The number of benzene rings is 1. The van der Waals surface area contributed by atoms with Gasteiger partial charge in [0.2, 0.25) is 0 Å². The third-order valence-corrected chi connectivity index (χ3v) is 3.06. The number of hydroxylamine groups is 1. The molecule has 0 unspecified atom stereocenters. The maximum Gasteiger partial charge on any atom is 0.586 e. The van der Waals surface area contributed by atoms with Crippen molar-refractivity contribution in [1.29, 1.82) is 0 Å². The summed E-state index contributed by atoms with van der Waals surface area (Å²) in [6.45, 7) is 0.202. The first kappa shape index (κ1) is 12.9. The number of nitrogens with zero attached hydrogens (tertiary/aromatic N) is 3. The van der Waals surface area contributed by atoms with Gasteiger partial charge in [-0.25, -0.2) is 20.4 Å². The summed E-state index contributed by atoms with van der Waals surface area (Å²) in [4.78, 5) is 17.2. The molecule has 2 aliphatic rings. The molecule has 2 aliphatic heterocycles. The Morgan fingerprint density at radius 1 is 1.05 bits per heavy atom. The van der Waals surface area contributed by atoms with Gasteiger partial charge in [-0.3, -0.25) is 4.84 Å². The van der Waals surface area contributed by atoms with Crippen molar-refractivity contribution >= 4 is 5.84 Å². The zero-order valence-corrected chi connectivity index (χ0v) is 10.9. The molecule has 9 heteroatoms. The van der Waals surface area contributed by atoms with Crippen molar-refractivity contribution in [3.63, 3.8) is 0 Å². The molecule has 7 nitrogen and oxygen atoms in total. The van der Waals surface area contributed by atoms with E-state index in [2.05, 4.69) is 29.9 Å². The molecule has 3 heterocycles. The molecule has 2 aromatic rings. The van der Waals surface area contributed by atoms with Gasteiger partial charge < -0.3 is 9.47 Å². The van der Waals surface area contributed by atoms with Crippen LogP contribution in [0.2, 0.25) is 0 Å². The van der Waals surface area contributed by atoms with Gasteiger partial charge in [-0.1, -0.05) is 0 Å². The van der Waals surface area contributed by atoms with Crippen molar-refractivity contribution in [2.24, 2.45) is 4.99 Å². The Labute approximate surface area is 122 Å². The van der Waals surface area contributed by atoms with E-state index in [0.717, 1.165) is 0 Å². The molecule has 0 bridgehead atoms. The summed E-state index contributed by atoms with van der Waals surface area (Å²) in [5, 5.41) is 0.